The van der Waals surface area contributed by atoms with Crippen molar-refractivity contribution >= 4 is 17.6 Å². The minimum absolute atomic E-state index is 0.00992. The number of alkyl halides is 1. The molecular weight excluding hydrogens is 523 g/mol. The molecule has 5 heterocycles. The molecule has 11 heteroatoms. The predicted molar refractivity (Wildman–Crippen MR) is 143 cm³/mol. The van der Waals surface area contributed by atoms with Crippen LogP contribution in [0.4, 0.5) is 19.0 Å². The summed E-state index contributed by atoms with van der Waals surface area (Å²) in [5, 5.41) is 0. The first kappa shape index (κ1) is 26.6. The summed E-state index contributed by atoms with van der Waals surface area (Å²) in [6.07, 6.45) is 1.05. The number of pyridine rings is 1. The van der Waals surface area contributed by atoms with Gasteiger partial charge in [-0.3, -0.25) is 14.5 Å². The van der Waals surface area contributed by atoms with E-state index in [2.05, 4.69) is 16.5 Å². The number of amides is 2. The molecule has 0 radical (unpaired) electrons. The van der Waals surface area contributed by atoms with Crippen molar-refractivity contribution < 1.29 is 27.5 Å². The lowest BCUT2D eigenvalue weighted by molar-refractivity contribution is -0.128. The Labute approximate surface area is 231 Å². The van der Waals surface area contributed by atoms with E-state index in [1.807, 2.05) is 18.7 Å². The van der Waals surface area contributed by atoms with Crippen molar-refractivity contribution in [3.8, 4) is 17.0 Å². The van der Waals surface area contributed by atoms with E-state index in [0.29, 0.717) is 32.6 Å². The van der Waals surface area contributed by atoms with Crippen molar-refractivity contribution in [2.24, 2.45) is 0 Å². The standard InChI is InChI=1S/C29H32F3N5O3/c1-4-22(38)34-9-10-36-19(14-34)16-40-26-23(28(36)39)27(33-25(24(26)32)20-7-5-6-8-21(20)31)37-15-18(11-29(37,2)3)35-12-17(30)13-35/h4-8,17-19H,1,9-16H2,2-3H3/t18-,19-/m1/s1. The number of hydrogen-bond donors (Lipinski definition) is 0. The number of rotatable bonds is 4. The number of carbonyl (C=O) groups is 2. The molecule has 3 saturated heterocycles. The first-order valence-corrected chi connectivity index (χ1v) is 13.6. The lowest BCUT2D eigenvalue weighted by Crippen LogP contribution is -2.57. The minimum Gasteiger partial charge on any atom is -0.487 e. The van der Waals surface area contributed by atoms with Crippen molar-refractivity contribution in [2.45, 2.75) is 44.1 Å². The minimum atomic E-state index is -0.910. The molecule has 2 aromatic rings. The predicted octanol–water partition coefficient (Wildman–Crippen LogP) is 3.27. The molecule has 212 valence electrons. The summed E-state index contributed by atoms with van der Waals surface area (Å²) < 4.78 is 50.9. The topological polar surface area (TPSA) is 69.2 Å². The maximum atomic E-state index is 16.2. The highest BCUT2D eigenvalue weighted by Crippen LogP contribution is 2.45. The Morgan fingerprint density at radius 3 is 2.58 bits per heavy atom. The van der Waals surface area contributed by atoms with Gasteiger partial charge in [0.25, 0.3) is 5.91 Å². The first-order chi connectivity index (χ1) is 19.1. The van der Waals surface area contributed by atoms with Gasteiger partial charge in [-0.1, -0.05) is 18.7 Å². The zero-order chi connectivity index (χ0) is 28.3. The molecule has 2 atom stereocenters. The Morgan fingerprint density at radius 1 is 1.12 bits per heavy atom. The van der Waals surface area contributed by atoms with E-state index in [-0.39, 0.29) is 60.0 Å². The van der Waals surface area contributed by atoms with Crippen molar-refractivity contribution in [3.05, 3.63) is 54.1 Å². The maximum Gasteiger partial charge on any atom is 0.262 e. The molecule has 1 aromatic heterocycles. The average molecular weight is 556 g/mol. The second kappa shape index (κ2) is 9.79. The normalized spacial score (nSPS) is 24.6. The molecule has 3 fully saturated rings. The van der Waals surface area contributed by atoms with Gasteiger partial charge in [0.1, 0.15) is 35.7 Å². The SMILES string of the molecule is C=CC(=O)N1CCN2C(=O)c3c(N4C[C@H](N5CC(F)C5)CC4(C)C)nc(-c4ccccc4F)c(F)c3OC[C@H]2C1. The number of ether oxygens (including phenoxy) is 1. The summed E-state index contributed by atoms with van der Waals surface area (Å²) in [7, 11) is 0. The Bertz CT molecular complexity index is 1380. The summed E-state index contributed by atoms with van der Waals surface area (Å²) in [5.74, 6) is -2.31. The molecule has 4 aliphatic heterocycles. The summed E-state index contributed by atoms with van der Waals surface area (Å²) in [6, 6.07) is 5.28. The van der Waals surface area contributed by atoms with Gasteiger partial charge in [-0.05, 0) is 38.5 Å². The molecule has 0 aliphatic carbocycles. The number of aromatic nitrogens is 1. The van der Waals surface area contributed by atoms with E-state index in [4.69, 9.17) is 4.74 Å². The molecule has 0 unspecified atom stereocenters. The van der Waals surface area contributed by atoms with Gasteiger partial charge in [0.05, 0.1) is 6.04 Å². The van der Waals surface area contributed by atoms with E-state index >= 15 is 4.39 Å². The molecule has 4 aliphatic rings. The molecule has 40 heavy (non-hydrogen) atoms. The van der Waals surface area contributed by atoms with Crippen LogP contribution in [-0.4, -0.2) is 101 Å². The van der Waals surface area contributed by atoms with Gasteiger partial charge < -0.3 is 19.4 Å². The van der Waals surface area contributed by atoms with E-state index in [1.165, 1.54) is 24.3 Å². The fraction of sp³-hybridized carbons (Fsp3) is 0.483. The van der Waals surface area contributed by atoms with Crippen LogP contribution < -0.4 is 9.64 Å². The van der Waals surface area contributed by atoms with Gasteiger partial charge in [-0.15, -0.1) is 0 Å². The largest absolute Gasteiger partial charge is 0.487 e. The number of anilines is 1. The zero-order valence-electron chi connectivity index (χ0n) is 22.6. The van der Waals surface area contributed by atoms with Crippen LogP contribution in [0.5, 0.6) is 5.75 Å². The van der Waals surface area contributed by atoms with Crippen molar-refractivity contribution in [2.75, 3.05) is 50.8 Å². The Kier molecular flexibility index (Phi) is 6.52. The van der Waals surface area contributed by atoms with Gasteiger partial charge in [0.15, 0.2) is 11.6 Å². The highest BCUT2D eigenvalue weighted by Gasteiger charge is 2.48. The number of nitrogens with zero attached hydrogens (tertiary/aromatic N) is 5. The summed E-state index contributed by atoms with van der Waals surface area (Å²) in [6.45, 7) is 9.40. The van der Waals surface area contributed by atoms with E-state index < -0.39 is 35.3 Å². The van der Waals surface area contributed by atoms with Crippen LogP contribution in [0.2, 0.25) is 0 Å². The summed E-state index contributed by atoms with van der Waals surface area (Å²) in [4.78, 5) is 38.3. The molecular formula is C29H32F3N5O3. The molecule has 0 spiro atoms. The fourth-order valence-corrected chi connectivity index (χ4v) is 6.38. The van der Waals surface area contributed by atoms with Gasteiger partial charge in [0.2, 0.25) is 5.91 Å². The molecule has 0 saturated carbocycles. The maximum absolute atomic E-state index is 16.2. The molecule has 8 nitrogen and oxygen atoms in total. The van der Waals surface area contributed by atoms with Crippen LogP contribution in [0.15, 0.2) is 36.9 Å². The Hall–Kier alpha value is -3.60. The Morgan fingerprint density at radius 2 is 1.88 bits per heavy atom. The number of likely N-dealkylation sites (tertiary alicyclic amines) is 1. The van der Waals surface area contributed by atoms with Crippen molar-refractivity contribution in [1.29, 1.82) is 0 Å². The van der Waals surface area contributed by atoms with Crippen LogP contribution in [0.3, 0.4) is 0 Å². The third-order valence-electron chi connectivity index (χ3n) is 8.56. The van der Waals surface area contributed by atoms with Crippen molar-refractivity contribution in [3.63, 3.8) is 0 Å². The van der Waals surface area contributed by atoms with Gasteiger partial charge >= 0.3 is 0 Å². The zero-order valence-corrected chi connectivity index (χ0v) is 22.6. The number of carbonyl (C=O) groups excluding carboxylic acids is 2. The lowest BCUT2D eigenvalue weighted by atomic mass is 9.97. The van der Waals surface area contributed by atoms with Gasteiger partial charge in [-0.2, -0.15) is 0 Å². The molecule has 2 amide bonds. The molecule has 0 bridgehead atoms. The van der Waals surface area contributed by atoms with Crippen LogP contribution in [0, 0.1) is 11.6 Å². The highest BCUT2D eigenvalue weighted by atomic mass is 19.1. The fourth-order valence-electron chi connectivity index (χ4n) is 6.38. The monoisotopic (exact) mass is 555 g/mol. The molecule has 1 aromatic carbocycles. The molecule has 6 rings (SSSR count). The number of fused-ring (bicyclic) bond motifs is 2. The van der Waals surface area contributed by atoms with Crippen LogP contribution >= 0.6 is 0 Å². The number of hydrogen-bond acceptors (Lipinski definition) is 6. The second-order valence-electron chi connectivity index (χ2n) is 11.6. The second-order valence-corrected chi connectivity index (χ2v) is 11.6. The van der Waals surface area contributed by atoms with Crippen molar-refractivity contribution in [1.82, 2.24) is 19.7 Å². The Balaban J connectivity index is 1.47. The summed E-state index contributed by atoms with van der Waals surface area (Å²) in [5.41, 5.74) is -0.807. The summed E-state index contributed by atoms with van der Waals surface area (Å²) >= 11 is 0. The number of halogens is 3. The lowest BCUT2D eigenvalue weighted by Gasteiger charge is -2.40. The quantitative estimate of drug-likeness (QED) is 0.540. The number of benzene rings is 1. The molecule has 0 N–H and O–H groups in total. The van der Waals surface area contributed by atoms with Gasteiger partial charge in [0, 0.05) is 56.4 Å². The van der Waals surface area contributed by atoms with Crippen LogP contribution in [-0.2, 0) is 4.79 Å². The third-order valence-corrected chi connectivity index (χ3v) is 8.56. The smallest absolute Gasteiger partial charge is 0.262 e. The van der Waals surface area contributed by atoms with Crippen LogP contribution in [0.1, 0.15) is 30.6 Å². The van der Waals surface area contributed by atoms with Crippen LogP contribution in [0.25, 0.3) is 11.3 Å². The van der Waals surface area contributed by atoms with E-state index in [1.54, 1.807) is 15.9 Å². The highest BCUT2D eigenvalue weighted by molar-refractivity contribution is 6.03. The first-order valence-electron chi connectivity index (χ1n) is 13.6. The number of piperazine rings is 1. The van der Waals surface area contributed by atoms with E-state index in [9.17, 15) is 18.4 Å². The average Bonchev–Trinajstić information content (AvgIpc) is 3.15. The van der Waals surface area contributed by atoms with Gasteiger partial charge in [-0.25, -0.2) is 18.2 Å². The van der Waals surface area contributed by atoms with E-state index in [0.717, 1.165) is 0 Å². The third kappa shape index (κ3) is 4.31.